The quantitative estimate of drug-likeness (QED) is 0.285. The number of nitrogens with one attached hydrogen (secondary N) is 3. The van der Waals surface area contributed by atoms with Gasteiger partial charge in [0.1, 0.15) is 6.54 Å². The van der Waals surface area contributed by atoms with Gasteiger partial charge in [-0.3, -0.25) is 5.43 Å². The molecule has 0 bridgehead atoms. The summed E-state index contributed by atoms with van der Waals surface area (Å²) in [5, 5.41) is 19.4. The summed E-state index contributed by atoms with van der Waals surface area (Å²) in [6.07, 6.45) is 7.93. The first-order chi connectivity index (χ1) is 14.3. The number of hydrazone groups is 1. The minimum absolute atomic E-state index is 0.128. The molecule has 1 aromatic carbocycles. The van der Waals surface area contributed by atoms with Crippen LogP contribution in [0.25, 0.3) is 5.70 Å². The van der Waals surface area contributed by atoms with E-state index < -0.39 is 0 Å². The first-order valence-electron chi connectivity index (χ1n) is 9.64. The summed E-state index contributed by atoms with van der Waals surface area (Å²) in [5.74, 6) is 0.887. The summed E-state index contributed by atoms with van der Waals surface area (Å²) in [5.41, 5.74) is 5.94. The molecule has 4 rings (SSSR count). The Morgan fingerprint density at radius 1 is 1.31 bits per heavy atom. The fraction of sp³-hybridized carbons (Fsp3) is 0.350. The highest BCUT2D eigenvalue weighted by molar-refractivity contribution is 5.72. The van der Waals surface area contributed by atoms with Crippen molar-refractivity contribution in [1.29, 1.82) is 5.26 Å². The average Bonchev–Trinajstić information content (AvgIpc) is 3.27. The van der Waals surface area contributed by atoms with E-state index in [0.29, 0.717) is 6.42 Å². The third-order valence-electron chi connectivity index (χ3n) is 4.85. The number of ether oxygens (including phenoxy) is 1. The van der Waals surface area contributed by atoms with E-state index in [1.807, 2.05) is 23.0 Å². The number of allylic oxidation sites excluding steroid dienone is 1. The first kappa shape index (κ1) is 18.8. The van der Waals surface area contributed by atoms with Crippen molar-refractivity contribution in [2.75, 3.05) is 43.1 Å². The number of nitrogens with zero attached hydrogens (tertiary/aromatic N) is 5. The molecule has 1 atom stereocenters. The van der Waals surface area contributed by atoms with E-state index in [0.717, 1.165) is 43.5 Å². The molecule has 1 saturated heterocycles. The third-order valence-corrected chi connectivity index (χ3v) is 4.85. The van der Waals surface area contributed by atoms with E-state index in [4.69, 9.17) is 10.00 Å². The predicted octanol–water partition coefficient (Wildman–Crippen LogP) is 1.72. The summed E-state index contributed by atoms with van der Waals surface area (Å²) in [6, 6.07) is 10.4. The van der Waals surface area contributed by atoms with Crippen molar-refractivity contribution >= 4 is 23.3 Å². The minimum atomic E-state index is -0.128. The number of imidazole rings is 1. The number of benzene rings is 1. The number of morpholine rings is 1. The number of nitriles is 1. The van der Waals surface area contributed by atoms with E-state index in [2.05, 4.69) is 55.3 Å². The molecule has 3 heterocycles. The first-order valence-corrected chi connectivity index (χ1v) is 9.64. The van der Waals surface area contributed by atoms with Gasteiger partial charge in [-0.1, -0.05) is 0 Å². The highest BCUT2D eigenvalue weighted by Gasteiger charge is 2.22. The maximum absolute atomic E-state index is 8.51. The van der Waals surface area contributed by atoms with Crippen LogP contribution in [0.5, 0.6) is 0 Å². The lowest BCUT2D eigenvalue weighted by atomic mass is 10.2. The molecule has 0 radical (unpaired) electrons. The van der Waals surface area contributed by atoms with Crippen LogP contribution >= 0.6 is 0 Å². The van der Waals surface area contributed by atoms with Crippen LogP contribution in [0.15, 0.2) is 48.0 Å². The van der Waals surface area contributed by atoms with Gasteiger partial charge >= 0.3 is 0 Å². The van der Waals surface area contributed by atoms with Crippen molar-refractivity contribution in [3.8, 4) is 6.07 Å². The van der Waals surface area contributed by atoms with Gasteiger partial charge < -0.3 is 24.8 Å². The van der Waals surface area contributed by atoms with Gasteiger partial charge in [0.05, 0.1) is 19.3 Å². The molecular weight excluding hydrogens is 368 g/mol. The molecule has 1 unspecified atom stereocenters. The van der Waals surface area contributed by atoms with Gasteiger partial charge in [-0.2, -0.15) is 10.4 Å². The van der Waals surface area contributed by atoms with Crippen molar-refractivity contribution in [2.45, 2.75) is 12.6 Å². The largest absolute Gasteiger partial charge is 0.378 e. The molecule has 0 saturated carbocycles. The van der Waals surface area contributed by atoms with E-state index in [-0.39, 0.29) is 12.7 Å². The molecule has 1 aromatic heterocycles. The standard InChI is InChI=1S/C20H24N8O/c21-6-8-25-24-7-5-18-15-23-19(20-22-9-10-28(18)20)26-16-1-3-17(4-2-16)27-11-13-29-14-12-27/h1-4,7,9-10,15,19,23,25-26H,5,8,11-14H2/b24-7-. The Balaban J connectivity index is 1.39. The van der Waals surface area contributed by atoms with Crippen LogP contribution in [0.3, 0.4) is 0 Å². The highest BCUT2D eigenvalue weighted by Crippen LogP contribution is 2.25. The van der Waals surface area contributed by atoms with Crippen LogP contribution in [0, 0.1) is 11.3 Å². The highest BCUT2D eigenvalue weighted by atomic mass is 16.5. The van der Waals surface area contributed by atoms with Crippen molar-refractivity contribution in [3.63, 3.8) is 0 Å². The number of hydrogen-bond donors (Lipinski definition) is 3. The summed E-state index contributed by atoms with van der Waals surface area (Å²) in [7, 11) is 0. The third kappa shape index (κ3) is 4.50. The zero-order valence-corrected chi connectivity index (χ0v) is 16.1. The van der Waals surface area contributed by atoms with E-state index in [9.17, 15) is 0 Å². The second-order valence-corrected chi connectivity index (χ2v) is 6.69. The van der Waals surface area contributed by atoms with Gasteiger partial charge in [-0.15, -0.1) is 0 Å². The van der Waals surface area contributed by atoms with Crippen LogP contribution in [-0.4, -0.2) is 48.6 Å². The van der Waals surface area contributed by atoms with Gasteiger partial charge in [-0.25, -0.2) is 4.98 Å². The lowest BCUT2D eigenvalue weighted by Gasteiger charge is -2.29. The topological polar surface area (TPSA) is 103 Å². The van der Waals surface area contributed by atoms with E-state index in [1.165, 1.54) is 5.69 Å². The smallest absolute Gasteiger partial charge is 0.157 e. The molecule has 29 heavy (non-hydrogen) atoms. The Morgan fingerprint density at radius 3 is 2.93 bits per heavy atom. The number of hydrogen-bond acceptors (Lipinski definition) is 8. The molecule has 0 amide bonds. The molecule has 2 aliphatic rings. The zero-order valence-electron chi connectivity index (χ0n) is 16.1. The van der Waals surface area contributed by atoms with Gasteiger partial charge in [-0.05, 0) is 24.3 Å². The molecule has 150 valence electrons. The fourth-order valence-corrected chi connectivity index (χ4v) is 3.40. The predicted molar refractivity (Wildman–Crippen MR) is 112 cm³/mol. The van der Waals surface area contributed by atoms with Gasteiger partial charge in [0.2, 0.25) is 0 Å². The van der Waals surface area contributed by atoms with Crippen LogP contribution in [-0.2, 0) is 4.74 Å². The maximum atomic E-state index is 8.51. The molecule has 1 fully saturated rings. The Kier molecular flexibility index (Phi) is 5.92. The Labute approximate surface area is 169 Å². The van der Waals surface area contributed by atoms with Crippen LogP contribution < -0.4 is 21.0 Å². The van der Waals surface area contributed by atoms with Crippen LogP contribution in [0.4, 0.5) is 11.4 Å². The number of fused-ring (bicyclic) bond motifs is 1. The van der Waals surface area contributed by atoms with Crippen molar-refractivity contribution in [3.05, 3.63) is 48.7 Å². The van der Waals surface area contributed by atoms with Gasteiger partial charge in [0, 0.05) is 61.4 Å². The van der Waals surface area contributed by atoms with E-state index >= 15 is 0 Å². The van der Waals surface area contributed by atoms with Gasteiger partial charge in [0.15, 0.2) is 12.0 Å². The monoisotopic (exact) mass is 392 g/mol. The molecule has 3 N–H and O–H groups in total. The lowest BCUT2D eigenvalue weighted by molar-refractivity contribution is 0.122. The molecule has 9 heteroatoms. The average molecular weight is 392 g/mol. The second kappa shape index (κ2) is 9.12. The van der Waals surface area contributed by atoms with Crippen LogP contribution in [0.2, 0.25) is 0 Å². The maximum Gasteiger partial charge on any atom is 0.157 e. The number of rotatable bonds is 7. The molecule has 0 spiro atoms. The minimum Gasteiger partial charge on any atom is -0.378 e. The summed E-state index contributed by atoms with van der Waals surface area (Å²) in [4.78, 5) is 6.84. The second-order valence-electron chi connectivity index (χ2n) is 6.69. The molecule has 9 nitrogen and oxygen atoms in total. The normalized spacial score (nSPS) is 18.5. The van der Waals surface area contributed by atoms with Crippen molar-refractivity contribution in [1.82, 2.24) is 20.3 Å². The summed E-state index contributed by atoms with van der Waals surface area (Å²) >= 11 is 0. The van der Waals surface area contributed by atoms with Gasteiger partial charge in [0.25, 0.3) is 0 Å². The Hall–Kier alpha value is -3.51. The SMILES string of the molecule is N#CCN/N=C\CC1=CNC(Nc2ccc(N3CCOCC3)cc2)c2nccn21. The fourth-order valence-electron chi connectivity index (χ4n) is 3.40. The summed E-state index contributed by atoms with van der Waals surface area (Å²) in [6.45, 7) is 3.61. The lowest BCUT2D eigenvalue weighted by Crippen LogP contribution is -2.36. The van der Waals surface area contributed by atoms with Crippen molar-refractivity contribution < 1.29 is 4.74 Å². The zero-order chi connectivity index (χ0) is 19.9. The molecular formula is C20H24N8O. The number of aromatic nitrogens is 2. The Bertz CT molecular complexity index is 905. The van der Waals surface area contributed by atoms with Crippen molar-refractivity contribution in [2.24, 2.45) is 5.10 Å². The van der Waals surface area contributed by atoms with Crippen LogP contribution in [0.1, 0.15) is 18.4 Å². The molecule has 2 aromatic rings. The Morgan fingerprint density at radius 2 is 2.14 bits per heavy atom. The van der Waals surface area contributed by atoms with E-state index in [1.54, 1.807) is 12.4 Å². The molecule has 2 aliphatic heterocycles. The summed E-state index contributed by atoms with van der Waals surface area (Å²) < 4.78 is 7.47. The molecule has 0 aliphatic carbocycles. The number of anilines is 2.